The van der Waals surface area contributed by atoms with Crippen LogP contribution in [-0.2, 0) is 9.59 Å². The summed E-state index contributed by atoms with van der Waals surface area (Å²) >= 11 is 0. The van der Waals surface area contributed by atoms with E-state index >= 15 is 0 Å². The van der Waals surface area contributed by atoms with Gasteiger partial charge in [-0.25, -0.2) is 9.78 Å². The van der Waals surface area contributed by atoms with Gasteiger partial charge in [-0.05, 0) is 18.6 Å². The maximum atomic E-state index is 13.2. The van der Waals surface area contributed by atoms with Crippen LogP contribution in [0.1, 0.15) is 13.3 Å². The highest BCUT2D eigenvalue weighted by atomic mass is 19.4. The third kappa shape index (κ3) is 5.02. The van der Waals surface area contributed by atoms with Crippen molar-refractivity contribution in [3.63, 3.8) is 0 Å². The van der Waals surface area contributed by atoms with Crippen LogP contribution < -0.4 is 21.3 Å². The lowest BCUT2D eigenvalue weighted by atomic mass is 10.1. The maximum absolute atomic E-state index is 13.2. The van der Waals surface area contributed by atoms with Crippen molar-refractivity contribution in [1.82, 2.24) is 25.4 Å². The summed E-state index contributed by atoms with van der Waals surface area (Å²) < 4.78 is 37.4. The van der Waals surface area contributed by atoms with Gasteiger partial charge in [0.05, 0.1) is 11.7 Å². The van der Waals surface area contributed by atoms with E-state index in [2.05, 4.69) is 20.9 Å². The van der Waals surface area contributed by atoms with Gasteiger partial charge < -0.3 is 20.9 Å². The minimum Gasteiger partial charge on any atom is -0.366 e. The number of aromatic nitrogens is 1. The minimum absolute atomic E-state index is 0.194. The Morgan fingerprint density at radius 2 is 2.06 bits per heavy atom. The van der Waals surface area contributed by atoms with Crippen molar-refractivity contribution in [1.29, 1.82) is 0 Å². The summed E-state index contributed by atoms with van der Waals surface area (Å²) in [6.45, 7) is 1.19. The molecule has 33 heavy (non-hydrogen) atoms. The number of fused-ring (bicyclic) bond motifs is 3. The maximum Gasteiger partial charge on any atom is 0.405 e. The molecule has 0 aromatic carbocycles. The first-order valence-electron chi connectivity index (χ1n) is 10.2. The predicted molar refractivity (Wildman–Crippen MR) is 112 cm³/mol. The summed E-state index contributed by atoms with van der Waals surface area (Å²) in [6, 6.07) is 1.30. The Morgan fingerprint density at radius 3 is 2.79 bits per heavy atom. The lowest BCUT2D eigenvalue weighted by molar-refractivity contribution is -0.138. The Morgan fingerprint density at radius 1 is 1.27 bits per heavy atom. The van der Waals surface area contributed by atoms with Crippen molar-refractivity contribution in [2.24, 2.45) is 0 Å². The average Bonchev–Trinajstić information content (AvgIpc) is 3.15. The Bertz CT molecular complexity index is 1040. The van der Waals surface area contributed by atoms with Crippen molar-refractivity contribution < 1.29 is 27.6 Å². The number of urea groups is 1. The molecule has 176 valence electrons. The highest BCUT2D eigenvalue weighted by Gasteiger charge is 2.42. The number of hydrogen-bond donors (Lipinski definition) is 4. The van der Waals surface area contributed by atoms with E-state index in [1.165, 1.54) is 30.2 Å². The van der Waals surface area contributed by atoms with E-state index in [4.69, 9.17) is 0 Å². The third-order valence-electron chi connectivity index (χ3n) is 5.37. The molecule has 10 nitrogen and oxygen atoms in total. The molecule has 0 aliphatic carbocycles. The molecular weight excluding hydrogens is 443 g/mol. The number of amides is 4. The van der Waals surface area contributed by atoms with Crippen molar-refractivity contribution >= 4 is 29.4 Å². The van der Waals surface area contributed by atoms with E-state index in [1.807, 2.05) is 10.2 Å². The lowest BCUT2D eigenvalue weighted by Crippen LogP contribution is -2.56. The van der Waals surface area contributed by atoms with E-state index < -0.39 is 30.7 Å². The average molecular weight is 465 g/mol. The van der Waals surface area contributed by atoms with Gasteiger partial charge >= 0.3 is 12.2 Å². The molecule has 0 spiro atoms. The number of dihydropyridines is 1. The molecule has 1 aromatic rings. The summed E-state index contributed by atoms with van der Waals surface area (Å²) in [5, 5.41) is 10.1. The summed E-state index contributed by atoms with van der Waals surface area (Å²) in [5.41, 5.74) is 1.14. The number of allylic oxidation sites excluding steroid dienone is 1. The Balaban J connectivity index is 1.52. The van der Waals surface area contributed by atoms with Crippen molar-refractivity contribution in [3.8, 4) is 0 Å². The van der Waals surface area contributed by atoms with Crippen LogP contribution in [0.3, 0.4) is 0 Å². The van der Waals surface area contributed by atoms with Crippen molar-refractivity contribution in [3.05, 3.63) is 42.0 Å². The first-order chi connectivity index (χ1) is 15.6. The van der Waals surface area contributed by atoms with E-state index in [0.717, 1.165) is 0 Å². The molecule has 3 aliphatic heterocycles. The number of pyridine rings is 1. The SMILES string of the molecule is CC(=O)Nc1ccnc(NC(=O)N2C3=C(C=CC(C(=O)NCC(F)(F)F)N3)N3CC[C@H]2C3)c1. The van der Waals surface area contributed by atoms with Gasteiger partial charge in [-0.15, -0.1) is 0 Å². The Hall–Kier alpha value is -3.77. The fraction of sp³-hybridized carbons (Fsp3) is 0.400. The first-order valence-corrected chi connectivity index (χ1v) is 10.2. The second kappa shape index (κ2) is 8.64. The van der Waals surface area contributed by atoms with Crippen LogP contribution in [0.4, 0.5) is 29.5 Å². The zero-order chi connectivity index (χ0) is 23.8. The number of hydrogen-bond acceptors (Lipinski definition) is 6. The van der Waals surface area contributed by atoms with Crippen LogP contribution in [-0.4, -0.2) is 70.5 Å². The summed E-state index contributed by atoms with van der Waals surface area (Å²) in [4.78, 5) is 44.4. The monoisotopic (exact) mass is 465 g/mol. The van der Waals surface area contributed by atoms with Crippen LogP contribution in [0.2, 0.25) is 0 Å². The lowest BCUT2D eigenvalue weighted by Gasteiger charge is -2.40. The minimum atomic E-state index is -4.53. The molecule has 4 rings (SSSR count). The number of carbonyl (C=O) groups is 3. The molecule has 13 heteroatoms. The van der Waals surface area contributed by atoms with E-state index in [0.29, 0.717) is 36.7 Å². The van der Waals surface area contributed by atoms with Gasteiger partial charge in [0.1, 0.15) is 24.2 Å². The molecule has 2 atom stereocenters. The second-order valence-corrected chi connectivity index (χ2v) is 7.85. The van der Waals surface area contributed by atoms with Crippen LogP contribution in [0.25, 0.3) is 0 Å². The number of halogens is 3. The molecule has 2 bridgehead atoms. The molecule has 4 amide bonds. The molecule has 1 aromatic heterocycles. The van der Waals surface area contributed by atoms with Gasteiger partial charge in [0.25, 0.3) is 0 Å². The normalized spacial score (nSPS) is 21.3. The van der Waals surface area contributed by atoms with Crippen molar-refractivity contribution in [2.45, 2.75) is 31.6 Å². The quantitative estimate of drug-likeness (QED) is 0.533. The smallest absolute Gasteiger partial charge is 0.366 e. The molecule has 4 N–H and O–H groups in total. The van der Waals surface area contributed by atoms with Gasteiger partial charge in [-0.2, -0.15) is 13.2 Å². The topological polar surface area (TPSA) is 119 Å². The van der Waals surface area contributed by atoms with E-state index in [1.54, 1.807) is 12.1 Å². The van der Waals surface area contributed by atoms with Crippen molar-refractivity contribution in [2.75, 3.05) is 30.3 Å². The Labute approximate surface area is 186 Å². The van der Waals surface area contributed by atoms with Crippen LogP contribution in [0, 0.1) is 0 Å². The fourth-order valence-corrected chi connectivity index (χ4v) is 4.01. The van der Waals surface area contributed by atoms with E-state index in [9.17, 15) is 27.6 Å². The zero-order valence-corrected chi connectivity index (χ0v) is 17.6. The molecular formula is C20H22F3N7O3. The number of alkyl halides is 3. The van der Waals surface area contributed by atoms with Gasteiger partial charge in [-0.1, -0.05) is 6.08 Å². The largest absolute Gasteiger partial charge is 0.405 e. The van der Waals surface area contributed by atoms with Gasteiger partial charge in [0, 0.05) is 38.0 Å². The summed E-state index contributed by atoms with van der Waals surface area (Å²) in [5.74, 6) is -0.579. The number of carbonyl (C=O) groups excluding carboxylic acids is 3. The molecule has 0 saturated carbocycles. The standard InChI is InChI=1S/C20H22F3N7O3/c1-11(31)26-12-4-6-24-16(8-12)28-19(33)30-13-5-7-29(9-13)15-3-2-14(27-17(15)30)18(32)25-10-20(21,22)23/h2-4,6,8,13-14,27H,5,7,9-10H2,1H3,(H,25,32)(H2,24,26,28,31,33)/t13-,14?/m0/s1. The molecule has 3 aliphatic rings. The Kier molecular flexibility index (Phi) is 5.87. The van der Waals surface area contributed by atoms with Gasteiger partial charge in [-0.3, -0.25) is 19.8 Å². The van der Waals surface area contributed by atoms with Crippen LogP contribution >= 0.6 is 0 Å². The van der Waals surface area contributed by atoms with Gasteiger partial charge in [0.2, 0.25) is 11.8 Å². The van der Waals surface area contributed by atoms with E-state index in [-0.39, 0.29) is 17.8 Å². The molecule has 0 radical (unpaired) electrons. The molecule has 1 unspecified atom stereocenters. The molecule has 1 fully saturated rings. The number of rotatable bonds is 4. The highest BCUT2D eigenvalue weighted by molar-refractivity contribution is 5.93. The molecule has 1 saturated heterocycles. The first kappa shape index (κ1) is 22.4. The van der Waals surface area contributed by atoms with Crippen LogP contribution in [0.5, 0.6) is 0 Å². The number of nitrogens with one attached hydrogen (secondary N) is 4. The predicted octanol–water partition coefficient (Wildman–Crippen LogP) is 1.34. The summed E-state index contributed by atoms with van der Waals surface area (Å²) in [6.07, 6.45) is 0.694. The number of anilines is 2. The second-order valence-electron chi connectivity index (χ2n) is 7.85. The highest BCUT2D eigenvalue weighted by Crippen LogP contribution is 2.33. The molecule has 4 heterocycles. The van der Waals surface area contributed by atoms with Crippen LogP contribution in [0.15, 0.2) is 42.0 Å². The summed E-state index contributed by atoms with van der Waals surface area (Å²) in [7, 11) is 0. The zero-order valence-electron chi connectivity index (χ0n) is 17.6. The number of nitrogens with zero attached hydrogens (tertiary/aromatic N) is 3. The fourth-order valence-electron chi connectivity index (χ4n) is 4.01. The van der Waals surface area contributed by atoms with Gasteiger partial charge in [0.15, 0.2) is 0 Å². The third-order valence-corrected chi connectivity index (χ3v) is 5.37.